The Hall–Kier alpha value is -4.15. The van der Waals surface area contributed by atoms with Crippen molar-refractivity contribution < 1.29 is 4.74 Å². The van der Waals surface area contributed by atoms with Crippen molar-refractivity contribution in [2.75, 3.05) is 67.6 Å². The van der Waals surface area contributed by atoms with Gasteiger partial charge in [0.15, 0.2) is 0 Å². The van der Waals surface area contributed by atoms with Crippen LogP contribution < -0.4 is 15.1 Å². The second-order valence-electron chi connectivity index (χ2n) is 9.85. The fraction of sp³-hybridized carbons (Fsp3) is 0.345. The summed E-state index contributed by atoms with van der Waals surface area (Å²) in [5.41, 5.74) is 4.59. The largest absolute Gasteiger partial charge is 0.379 e. The number of hydrogen-bond donors (Lipinski definition) is 1. The van der Waals surface area contributed by atoms with Crippen molar-refractivity contribution in [2.24, 2.45) is 0 Å². The van der Waals surface area contributed by atoms with Crippen molar-refractivity contribution in [3.8, 4) is 0 Å². The molecule has 10 nitrogen and oxygen atoms in total. The first-order valence-corrected chi connectivity index (χ1v) is 13.5. The predicted octanol–water partition coefficient (Wildman–Crippen LogP) is 3.15. The highest BCUT2D eigenvalue weighted by atomic mass is 16.5. The maximum absolute atomic E-state index is 5.46. The van der Waals surface area contributed by atoms with Gasteiger partial charge in [0, 0.05) is 70.3 Å². The molecule has 2 aliphatic rings. The molecule has 0 amide bonds. The predicted molar refractivity (Wildman–Crippen MR) is 151 cm³/mol. The van der Waals surface area contributed by atoms with E-state index in [2.05, 4.69) is 82.4 Å². The van der Waals surface area contributed by atoms with Gasteiger partial charge in [0.05, 0.1) is 13.2 Å². The maximum Gasteiger partial charge on any atom is 0.231 e. The molecule has 2 fully saturated rings. The molecule has 4 heterocycles. The molecule has 2 aliphatic heterocycles. The highest BCUT2D eigenvalue weighted by molar-refractivity contribution is 5.55. The molecule has 0 unspecified atom stereocenters. The number of nitrogens with zero attached hydrogens (tertiary/aromatic N) is 8. The summed E-state index contributed by atoms with van der Waals surface area (Å²) >= 11 is 0. The average molecular weight is 524 g/mol. The van der Waals surface area contributed by atoms with Crippen LogP contribution in [0.3, 0.4) is 0 Å². The molecule has 0 atom stereocenters. The van der Waals surface area contributed by atoms with Crippen molar-refractivity contribution >= 4 is 23.5 Å². The molecule has 1 N–H and O–H groups in total. The van der Waals surface area contributed by atoms with E-state index in [9.17, 15) is 0 Å². The number of piperazine rings is 1. The Labute approximate surface area is 228 Å². The summed E-state index contributed by atoms with van der Waals surface area (Å²) in [4.78, 5) is 29.6. The second-order valence-corrected chi connectivity index (χ2v) is 9.85. The minimum atomic E-state index is 0.545. The molecule has 39 heavy (non-hydrogen) atoms. The molecular weight excluding hydrogens is 490 g/mol. The molecule has 2 aromatic carbocycles. The molecule has 2 aromatic heterocycles. The Bertz CT molecular complexity index is 1340. The molecule has 0 bridgehead atoms. The van der Waals surface area contributed by atoms with Crippen molar-refractivity contribution in [3.05, 3.63) is 90.0 Å². The first kappa shape index (κ1) is 25.1. The van der Waals surface area contributed by atoms with Crippen LogP contribution in [-0.2, 0) is 17.7 Å². The Kier molecular flexibility index (Phi) is 7.83. The van der Waals surface area contributed by atoms with Crippen molar-refractivity contribution in [3.63, 3.8) is 0 Å². The zero-order valence-electron chi connectivity index (χ0n) is 22.0. The Morgan fingerprint density at radius 1 is 0.692 bits per heavy atom. The van der Waals surface area contributed by atoms with Gasteiger partial charge < -0.3 is 19.9 Å². The Morgan fingerprint density at radius 3 is 2.18 bits per heavy atom. The third-order valence-electron chi connectivity index (χ3n) is 7.04. The number of anilines is 4. The summed E-state index contributed by atoms with van der Waals surface area (Å²) in [5.74, 6) is 1.99. The molecule has 200 valence electrons. The zero-order chi connectivity index (χ0) is 26.3. The van der Waals surface area contributed by atoms with E-state index >= 15 is 0 Å². The molecule has 0 radical (unpaired) electrons. The van der Waals surface area contributed by atoms with Gasteiger partial charge in [-0.1, -0.05) is 42.5 Å². The molecular formula is C29H33N9O. The van der Waals surface area contributed by atoms with E-state index in [-0.39, 0.29) is 0 Å². The quantitative estimate of drug-likeness (QED) is 0.371. The topological polar surface area (TPSA) is 95.4 Å². The summed E-state index contributed by atoms with van der Waals surface area (Å²) in [5, 5.41) is 3.36. The van der Waals surface area contributed by atoms with Crippen molar-refractivity contribution in [1.29, 1.82) is 0 Å². The second kappa shape index (κ2) is 12.1. The lowest BCUT2D eigenvalue weighted by Gasteiger charge is -2.34. The average Bonchev–Trinajstić information content (AvgIpc) is 2.99. The number of hydrogen-bond acceptors (Lipinski definition) is 10. The Morgan fingerprint density at radius 2 is 1.41 bits per heavy atom. The van der Waals surface area contributed by atoms with E-state index in [4.69, 9.17) is 9.72 Å². The van der Waals surface area contributed by atoms with Crippen LogP contribution in [0.2, 0.25) is 0 Å². The number of nitrogens with one attached hydrogen (secondary N) is 1. The monoisotopic (exact) mass is 523 g/mol. The first-order valence-electron chi connectivity index (χ1n) is 13.5. The van der Waals surface area contributed by atoms with Gasteiger partial charge in [-0.15, -0.1) is 0 Å². The number of morpholine rings is 1. The van der Waals surface area contributed by atoms with Gasteiger partial charge in [0.2, 0.25) is 17.8 Å². The van der Waals surface area contributed by atoms with E-state index in [1.165, 1.54) is 11.1 Å². The Balaban J connectivity index is 1.03. The van der Waals surface area contributed by atoms with Crippen LogP contribution in [0.5, 0.6) is 0 Å². The highest BCUT2D eigenvalue weighted by Crippen LogP contribution is 2.20. The van der Waals surface area contributed by atoms with Gasteiger partial charge in [-0.25, -0.2) is 19.9 Å². The lowest BCUT2D eigenvalue weighted by atomic mass is 10.1. The molecule has 0 aliphatic carbocycles. The van der Waals surface area contributed by atoms with Crippen LogP contribution in [0.1, 0.15) is 16.7 Å². The van der Waals surface area contributed by atoms with Gasteiger partial charge in [0.1, 0.15) is 6.33 Å². The molecule has 0 spiro atoms. The van der Waals surface area contributed by atoms with Gasteiger partial charge >= 0.3 is 0 Å². The van der Waals surface area contributed by atoms with E-state index in [1.807, 2.05) is 24.5 Å². The molecule has 4 aromatic rings. The van der Waals surface area contributed by atoms with Gasteiger partial charge in [-0.2, -0.15) is 4.98 Å². The molecule has 0 saturated carbocycles. The number of benzene rings is 2. The summed E-state index contributed by atoms with van der Waals surface area (Å²) in [6.07, 6.45) is 6.27. The molecule has 2 saturated heterocycles. The third kappa shape index (κ3) is 6.65. The summed E-state index contributed by atoms with van der Waals surface area (Å²) < 4.78 is 5.46. The van der Waals surface area contributed by atoms with E-state index in [0.717, 1.165) is 82.6 Å². The molecule has 10 heteroatoms. The lowest BCUT2D eigenvalue weighted by Crippen LogP contribution is -2.47. The number of ether oxygens (including phenoxy) is 1. The number of rotatable bonds is 8. The van der Waals surface area contributed by atoms with Crippen LogP contribution in [0.4, 0.5) is 23.5 Å². The summed E-state index contributed by atoms with van der Waals surface area (Å²) in [7, 11) is 0. The lowest BCUT2D eigenvalue weighted by molar-refractivity contribution is 0.0342. The summed E-state index contributed by atoms with van der Waals surface area (Å²) in [6.45, 7) is 7.61. The van der Waals surface area contributed by atoms with Crippen LogP contribution >= 0.6 is 0 Å². The van der Waals surface area contributed by atoms with Crippen LogP contribution in [-0.4, -0.2) is 82.3 Å². The first-order chi connectivity index (χ1) is 19.3. The minimum absolute atomic E-state index is 0.545. The van der Waals surface area contributed by atoms with Crippen LogP contribution in [0, 0.1) is 0 Å². The van der Waals surface area contributed by atoms with Gasteiger partial charge in [-0.3, -0.25) is 4.90 Å². The zero-order valence-corrected chi connectivity index (χ0v) is 22.0. The van der Waals surface area contributed by atoms with Crippen LogP contribution in [0.25, 0.3) is 0 Å². The number of aromatic nitrogens is 5. The van der Waals surface area contributed by atoms with Gasteiger partial charge in [-0.05, 0) is 28.8 Å². The summed E-state index contributed by atoms with van der Waals surface area (Å²) in [6, 6.07) is 18.8. The fourth-order valence-electron chi connectivity index (χ4n) is 4.93. The standard InChI is InChI=1S/C29H33N9O/c1-2-5-23(6-3-1)17-25-19-30-28(31-20-25)37-9-11-38(12-10-37)29-33-22-32-27(35-29)34-26-8-4-7-24(18-26)21-36-13-15-39-16-14-36/h1-8,18-20,22H,9-17,21H2,(H,32,33,34,35). The van der Waals surface area contributed by atoms with Crippen molar-refractivity contribution in [2.45, 2.75) is 13.0 Å². The van der Waals surface area contributed by atoms with E-state index < -0.39 is 0 Å². The van der Waals surface area contributed by atoms with Crippen LogP contribution in [0.15, 0.2) is 73.3 Å². The van der Waals surface area contributed by atoms with E-state index in [1.54, 1.807) is 6.33 Å². The maximum atomic E-state index is 5.46. The molecule has 6 rings (SSSR count). The minimum Gasteiger partial charge on any atom is -0.379 e. The van der Waals surface area contributed by atoms with Gasteiger partial charge in [0.25, 0.3) is 0 Å². The smallest absolute Gasteiger partial charge is 0.231 e. The highest BCUT2D eigenvalue weighted by Gasteiger charge is 2.21. The SMILES string of the molecule is c1ccc(Cc2cnc(N3CCN(c4ncnc(Nc5cccc(CN6CCOCC6)c5)n4)CC3)nc2)cc1. The third-order valence-corrected chi connectivity index (χ3v) is 7.04. The van der Waals surface area contributed by atoms with E-state index in [0.29, 0.717) is 11.9 Å². The fourth-order valence-corrected chi connectivity index (χ4v) is 4.93. The normalized spacial score (nSPS) is 16.3. The van der Waals surface area contributed by atoms with Crippen molar-refractivity contribution in [1.82, 2.24) is 29.8 Å².